The van der Waals surface area contributed by atoms with Gasteiger partial charge < -0.3 is 15.7 Å². The lowest BCUT2D eigenvalue weighted by atomic mass is 10.1. The second kappa shape index (κ2) is 6.51. The molecule has 1 aromatic carbocycles. The van der Waals surface area contributed by atoms with Crippen molar-refractivity contribution in [3.05, 3.63) is 59.4 Å². The van der Waals surface area contributed by atoms with Crippen LogP contribution in [0.5, 0.6) is 0 Å². The Bertz CT molecular complexity index is 656. The summed E-state index contributed by atoms with van der Waals surface area (Å²) in [5, 5.41) is 14.4. The molecule has 0 saturated carbocycles. The van der Waals surface area contributed by atoms with Crippen LogP contribution in [0.3, 0.4) is 0 Å². The minimum absolute atomic E-state index is 0.167. The van der Waals surface area contributed by atoms with Crippen molar-refractivity contribution in [1.82, 2.24) is 10.3 Å². The monoisotopic (exact) mass is 285 g/mol. The second-order valence-electron chi connectivity index (χ2n) is 4.45. The van der Waals surface area contributed by atoms with Gasteiger partial charge in [0.2, 0.25) is 0 Å². The van der Waals surface area contributed by atoms with Crippen molar-refractivity contribution in [3.8, 4) is 0 Å². The van der Waals surface area contributed by atoms with Crippen LogP contribution in [0.25, 0.3) is 0 Å². The van der Waals surface area contributed by atoms with Crippen molar-refractivity contribution in [2.24, 2.45) is 0 Å². The fraction of sp³-hybridized carbons (Fsp3) is 0.133. The Hall–Kier alpha value is -2.89. The van der Waals surface area contributed by atoms with Crippen LogP contribution in [0.4, 0.5) is 10.5 Å². The minimum Gasteiger partial charge on any atom is -0.478 e. The highest BCUT2D eigenvalue weighted by Gasteiger charge is 2.11. The number of pyridine rings is 1. The first kappa shape index (κ1) is 14.5. The molecule has 108 valence electrons. The molecule has 0 aliphatic rings. The summed E-state index contributed by atoms with van der Waals surface area (Å²) >= 11 is 0. The van der Waals surface area contributed by atoms with Crippen molar-refractivity contribution < 1.29 is 14.7 Å². The Kier molecular flexibility index (Phi) is 4.50. The Morgan fingerprint density at radius 3 is 2.71 bits per heavy atom. The first-order chi connectivity index (χ1) is 10.1. The average Bonchev–Trinajstić information content (AvgIpc) is 2.48. The number of anilines is 1. The van der Waals surface area contributed by atoms with E-state index in [4.69, 9.17) is 5.11 Å². The molecule has 2 aromatic rings. The van der Waals surface area contributed by atoms with Gasteiger partial charge in [-0.25, -0.2) is 9.59 Å². The Balaban J connectivity index is 2.00. The third kappa shape index (κ3) is 3.79. The van der Waals surface area contributed by atoms with Crippen molar-refractivity contribution in [2.75, 3.05) is 5.32 Å². The SMILES string of the molecule is Cc1c(NC(=O)NCc2cccnc2)cccc1C(=O)O. The lowest BCUT2D eigenvalue weighted by molar-refractivity contribution is 0.0696. The molecule has 0 aliphatic heterocycles. The summed E-state index contributed by atoms with van der Waals surface area (Å²) in [5.74, 6) is -1.02. The van der Waals surface area contributed by atoms with E-state index in [0.717, 1.165) is 5.56 Å². The van der Waals surface area contributed by atoms with E-state index in [1.165, 1.54) is 6.07 Å². The predicted octanol–water partition coefficient (Wildman–Crippen LogP) is 2.41. The number of benzene rings is 1. The van der Waals surface area contributed by atoms with E-state index < -0.39 is 12.0 Å². The molecular weight excluding hydrogens is 270 g/mol. The minimum atomic E-state index is -1.02. The zero-order chi connectivity index (χ0) is 15.2. The zero-order valence-corrected chi connectivity index (χ0v) is 11.5. The van der Waals surface area contributed by atoms with Crippen LogP contribution in [0.2, 0.25) is 0 Å². The number of carboxylic acid groups (broad SMARTS) is 1. The summed E-state index contributed by atoms with van der Waals surface area (Å²) in [6.45, 7) is 2.00. The molecule has 0 fully saturated rings. The molecular formula is C15H15N3O3. The Morgan fingerprint density at radius 1 is 1.24 bits per heavy atom. The maximum atomic E-state index is 11.8. The molecule has 6 nitrogen and oxygen atoms in total. The number of carbonyl (C=O) groups is 2. The van der Waals surface area contributed by atoms with Gasteiger partial charge in [-0.2, -0.15) is 0 Å². The molecule has 0 aliphatic carbocycles. The summed E-state index contributed by atoms with van der Waals surface area (Å²) in [6.07, 6.45) is 3.32. The largest absolute Gasteiger partial charge is 0.478 e. The van der Waals surface area contributed by atoms with Gasteiger partial charge in [-0.1, -0.05) is 12.1 Å². The van der Waals surface area contributed by atoms with E-state index >= 15 is 0 Å². The molecule has 0 atom stereocenters. The number of aromatic nitrogens is 1. The number of carbonyl (C=O) groups excluding carboxylic acids is 1. The van der Waals surface area contributed by atoms with Crippen molar-refractivity contribution in [1.29, 1.82) is 0 Å². The number of hydrogen-bond acceptors (Lipinski definition) is 3. The number of aromatic carboxylic acids is 1. The fourth-order valence-corrected chi connectivity index (χ4v) is 1.85. The number of amides is 2. The molecule has 0 spiro atoms. The number of hydrogen-bond donors (Lipinski definition) is 3. The van der Waals surface area contributed by atoms with Gasteiger partial charge in [-0.15, -0.1) is 0 Å². The van der Waals surface area contributed by atoms with Gasteiger partial charge in [0.05, 0.1) is 5.56 Å². The number of nitrogens with one attached hydrogen (secondary N) is 2. The molecule has 6 heteroatoms. The van der Waals surface area contributed by atoms with E-state index in [-0.39, 0.29) is 5.56 Å². The Morgan fingerprint density at radius 2 is 2.05 bits per heavy atom. The van der Waals surface area contributed by atoms with Gasteiger partial charge in [0.25, 0.3) is 0 Å². The second-order valence-corrected chi connectivity index (χ2v) is 4.45. The Labute approximate surface area is 121 Å². The maximum Gasteiger partial charge on any atom is 0.336 e. The molecule has 2 amide bonds. The summed E-state index contributed by atoms with van der Waals surface area (Å²) < 4.78 is 0. The first-order valence-electron chi connectivity index (χ1n) is 6.34. The summed E-state index contributed by atoms with van der Waals surface area (Å²) in [6, 6.07) is 7.98. The van der Waals surface area contributed by atoms with Crippen LogP contribution < -0.4 is 10.6 Å². The van der Waals surface area contributed by atoms with E-state index in [1.54, 1.807) is 37.5 Å². The van der Waals surface area contributed by atoms with Gasteiger partial charge in [0.1, 0.15) is 0 Å². The first-order valence-corrected chi connectivity index (χ1v) is 6.34. The fourth-order valence-electron chi connectivity index (χ4n) is 1.85. The van der Waals surface area contributed by atoms with Crippen LogP contribution in [0, 0.1) is 6.92 Å². The topological polar surface area (TPSA) is 91.3 Å². The zero-order valence-electron chi connectivity index (χ0n) is 11.5. The van der Waals surface area contributed by atoms with E-state index in [2.05, 4.69) is 15.6 Å². The third-order valence-corrected chi connectivity index (χ3v) is 2.99. The van der Waals surface area contributed by atoms with Crippen LogP contribution >= 0.6 is 0 Å². The number of urea groups is 1. The highest BCUT2D eigenvalue weighted by molar-refractivity contribution is 5.95. The lowest BCUT2D eigenvalue weighted by Crippen LogP contribution is -2.28. The van der Waals surface area contributed by atoms with Gasteiger partial charge in [0.15, 0.2) is 0 Å². The molecule has 2 rings (SSSR count). The lowest BCUT2D eigenvalue weighted by Gasteiger charge is -2.11. The molecule has 0 unspecified atom stereocenters. The van der Waals surface area contributed by atoms with Gasteiger partial charge in [0, 0.05) is 24.6 Å². The van der Waals surface area contributed by atoms with Crippen LogP contribution in [0.15, 0.2) is 42.7 Å². The molecule has 1 aromatic heterocycles. The quantitative estimate of drug-likeness (QED) is 0.804. The smallest absolute Gasteiger partial charge is 0.336 e. The number of carboxylic acids is 1. The molecule has 0 saturated heterocycles. The normalized spacial score (nSPS) is 9.95. The average molecular weight is 285 g/mol. The molecule has 0 radical (unpaired) electrons. The van der Waals surface area contributed by atoms with E-state index in [0.29, 0.717) is 17.8 Å². The number of nitrogens with zero attached hydrogens (tertiary/aromatic N) is 1. The molecule has 0 bridgehead atoms. The molecule has 3 N–H and O–H groups in total. The van der Waals surface area contributed by atoms with Gasteiger partial charge in [-0.05, 0) is 36.2 Å². The standard InChI is InChI=1S/C15H15N3O3/c1-10-12(14(19)20)5-2-6-13(10)18-15(21)17-9-11-4-3-7-16-8-11/h2-8H,9H2,1H3,(H,19,20)(H2,17,18,21). The summed E-state index contributed by atoms with van der Waals surface area (Å²) in [4.78, 5) is 26.8. The van der Waals surface area contributed by atoms with Crippen LogP contribution in [-0.4, -0.2) is 22.1 Å². The van der Waals surface area contributed by atoms with E-state index in [9.17, 15) is 9.59 Å². The van der Waals surface area contributed by atoms with E-state index in [1.807, 2.05) is 6.07 Å². The molecule has 1 heterocycles. The third-order valence-electron chi connectivity index (χ3n) is 2.99. The van der Waals surface area contributed by atoms with Crippen molar-refractivity contribution in [2.45, 2.75) is 13.5 Å². The van der Waals surface area contributed by atoms with Crippen molar-refractivity contribution >= 4 is 17.7 Å². The van der Waals surface area contributed by atoms with Gasteiger partial charge in [-0.3, -0.25) is 4.98 Å². The van der Waals surface area contributed by atoms with Crippen molar-refractivity contribution in [3.63, 3.8) is 0 Å². The highest BCUT2D eigenvalue weighted by atomic mass is 16.4. The van der Waals surface area contributed by atoms with Crippen LogP contribution in [-0.2, 0) is 6.54 Å². The summed E-state index contributed by atoms with van der Waals surface area (Å²) in [5.41, 5.74) is 2.03. The summed E-state index contributed by atoms with van der Waals surface area (Å²) in [7, 11) is 0. The maximum absolute atomic E-state index is 11.8. The number of rotatable bonds is 4. The molecule has 21 heavy (non-hydrogen) atoms. The highest BCUT2D eigenvalue weighted by Crippen LogP contribution is 2.18. The predicted molar refractivity (Wildman–Crippen MR) is 78.2 cm³/mol. The van der Waals surface area contributed by atoms with Gasteiger partial charge >= 0.3 is 12.0 Å². The van der Waals surface area contributed by atoms with Crippen LogP contribution in [0.1, 0.15) is 21.5 Å².